The molecule has 376 valence electrons. The molecule has 0 bridgehead atoms. The Morgan fingerprint density at radius 2 is 1.00 bits per heavy atom. The van der Waals surface area contributed by atoms with Gasteiger partial charge >= 0.3 is 5.97 Å². The molecule has 0 amide bonds. The van der Waals surface area contributed by atoms with Gasteiger partial charge in [0, 0.05) is 13.0 Å². The van der Waals surface area contributed by atoms with Crippen molar-refractivity contribution in [3.63, 3.8) is 0 Å². The fourth-order valence-corrected chi connectivity index (χ4v) is 7.49. The fraction of sp³-hybridized carbons (Fsp3) is 0.784. The van der Waals surface area contributed by atoms with Gasteiger partial charge in [-0.25, -0.2) is 0 Å². The third-order valence-corrected chi connectivity index (χ3v) is 11.5. The number of carbonyl (C=O) groups excluding carboxylic acids is 1. The van der Waals surface area contributed by atoms with Crippen molar-refractivity contribution in [2.45, 2.75) is 223 Å². The molecule has 2 fully saturated rings. The van der Waals surface area contributed by atoms with Crippen molar-refractivity contribution >= 4 is 5.97 Å². The van der Waals surface area contributed by atoms with Crippen molar-refractivity contribution in [2.24, 2.45) is 0 Å². The van der Waals surface area contributed by atoms with E-state index in [0.29, 0.717) is 13.0 Å². The molecule has 7 N–H and O–H groups in total. The molecule has 2 aliphatic rings. The van der Waals surface area contributed by atoms with Crippen LogP contribution in [0.15, 0.2) is 60.8 Å². The summed E-state index contributed by atoms with van der Waals surface area (Å²) in [7, 11) is 0. The van der Waals surface area contributed by atoms with Gasteiger partial charge in [0.15, 0.2) is 12.6 Å². The summed E-state index contributed by atoms with van der Waals surface area (Å²) in [6.45, 7) is 3.52. The van der Waals surface area contributed by atoms with E-state index < -0.39 is 86.7 Å². The number of carbonyl (C=O) groups is 1. The van der Waals surface area contributed by atoms with E-state index in [1.807, 2.05) is 0 Å². The number of esters is 1. The number of aliphatic hydroxyl groups excluding tert-OH is 7. The molecular weight excluding hydrogens is 837 g/mol. The third kappa shape index (κ3) is 26.7. The Bertz CT molecular complexity index is 1300. The van der Waals surface area contributed by atoms with E-state index in [4.69, 9.17) is 28.4 Å². The molecule has 0 spiro atoms. The second-order valence-corrected chi connectivity index (χ2v) is 17.3. The summed E-state index contributed by atoms with van der Waals surface area (Å²) in [6.07, 6.45) is 28.6. The molecule has 14 heteroatoms. The lowest BCUT2D eigenvalue weighted by atomic mass is 9.98. The Morgan fingerprint density at radius 1 is 0.523 bits per heavy atom. The van der Waals surface area contributed by atoms with Crippen LogP contribution in [-0.4, -0.2) is 142 Å². The topological polar surface area (TPSA) is 214 Å². The molecule has 14 nitrogen and oxygen atoms in total. The minimum absolute atomic E-state index is 0.0522. The van der Waals surface area contributed by atoms with E-state index in [1.165, 1.54) is 44.9 Å². The molecular formula is C51H88O14. The average Bonchev–Trinajstić information content (AvgIpc) is 3.30. The Kier molecular flexibility index (Phi) is 35.0. The van der Waals surface area contributed by atoms with Crippen molar-refractivity contribution in [1.29, 1.82) is 0 Å². The Balaban J connectivity index is 1.76. The normalized spacial score (nSPS) is 27.0. The average molecular weight is 925 g/mol. The molecule has 0 aliphatic carbocycles. The van der Waals surface area contributed by atoms with Gasteiger partial charge in [-0.3, -0.25) is 4.79 Å². The third-order valence-electron chi connectivity index (χ3n) is 11.5. The van der Waals surface area contributed by atoms with Crippen LogP contribution >= 0.6 is 0 Å². The van der Waals surface area contributed by atoms with Crippen LogP contribution in [0.4, 0.5) is 0 Å². The monoisotopic (exact) mass is 925 g/mol. The van der Waals surface area contributed by atoms with Crippen molar-refractivity contribution in [1.82, 2.24) is 0 Å². The van der Waals surface area contributed by atoms with E-state index in [2.05, 4.69) is 74.6 Å². The van der Waals surface area contributed by atoms with Crippen LogP contribution in [0.2, 0.25) is 0 Å². The lowest BCUT2D eigenvalue weighted by Gasteiger charge is -2.42. The Morgan fingerprint density at radius 3 is 1.57 bits per heavy atom. The van der Waals surface area contributed by atoms with Crippen LogP contribution in [0.1, 0.15) is 155 Å². The van der Waals surface area contributed by atoms with E-state index >= 15 is 0 Å². The first-order valence-corrected chi connectivity index (χ1v) is 24.9. The summed E-state index contributed by atoms with van der Waals surface area (Å²) < 4.78 is 34.2. The Hall–Kier alpha value is -2.31. The first-order chi connectivity index (χ1) is 31.6. The van der Waals surface area contributed by atoms with Gasteiger partial charge in [0.1, 0.15) is 54.9 Å². The van der Waals surface area contributed by atoms with Crippen molar-refractivity contribution in [3.8, 4) is 0 Å². The molecule has 65 heavy (non-hydrogen) atoms. The van der Waals surface area contributed by atoms with Gasteiger partial charge in [-0.05, 0) is 57.8 Å². The van der Waals surface area contributed by atoms with E-state index in [-0.39, 0.29) is 19.6 Å². The van der Waals surface area contributed by atoms with E-state index in [9.17, 15) is 40.5 Å². The van der Waals surface area contributed by atoms with Crippen LogP contribution in [-0.2, 0) is 33.2 Å². The molecule has 2 saturated heterocycles. The maximum atomic E-state index is 13.0. The highest BCUT2D eigenvalue weighted by molar-refractivity contribution is 5.69. The highest BCUT2D eigenvalue weighted by Gasteiger charge is 2.47. The van der Waals surface area contributed by atoms with Crippen LogP contribution in [0.25, 0.3) is 0 Å². The quantitative estimate of drug-likeness (QED) is 0.0190. The molecule has 0 aromatic heterocycles. The first-order valence-electron chi connectivity index (χ1n) is 24.9. The second-order valence-electron chi connectivity index (χ2n) is 17.3. The maximum Gasteiger partial charge on any atom is 0.306 e. The van der Waals surface area contributed by atoms with Gasteiger partial charge in [-0.1, -0.05) is 152 Å². The SMILES string of the molecule is CC/C=C\C/C=C\C/C=C\C/C=C\C/C=C\CCCCCCCC(=O)OC(COCCCCCCCCCCCC)COC1OC(COC2OC(CO)C(O)C(O)C2O)C(O)C(O)C1O. The van der Waals surface area contributed by atoms with Gasteiger partial charge in [0.05, 0.1) is 26.4 Å². The Labute approximate surface area is 390 Å². The molecule has 0 aromatic carbocycles. The summed E-state index contributed by atoms with van der Waals surface area (Å²) in [5.74, 6) is -0.397. The number of aliphatic hydroxyl groups is 7. The molecule has 2 aliphatic heterocycles. The zero-order chi connectivity index (χ0) is 47.3. The van der Waals surface area contributed by atoms with Crippen LogP contribution in [0, 0.1) is 0 Å². The number of hydrogen-bond acceptors (Lipinski definition) is 14. The zero-order valence-corrected chi connectivity index (χ0v) is 39.7. The van der Waals surface area contributed by atoms with Crippen LogP contribution in [0.5, 0.6) is 0 Å². The number of unbranched alkanes of at least 4 members (excludes halogenated alkanes) is 14. The number of ether oxygens (including phenoxy) is 6. The van der Waals surface area contributed by atoms with Crippen molar-refractivity contribution in [2.75, 3.05) is 33.0 Å². The largest absolute Gasteiger partial charge is 0.457 e. The van der Waals surface area contributed by atoms with Gasteiger partial charge in [0.25, 0.3) is 0 Å². The van der Waals surface area contributed by atoms with Gasteiger partial charge in [-0.15, -0.1) is 0 Å². The summed E-state index contributed by atoms with van der Waals surface area (Å²) in [5, 5.41) is 72.0. The second kappa shape index (κ2) is 38.6. The minimum atomic E-state index is -1.71. The standard InChI is InChI=1S/C51H88O14/c1-3-5-7-9-11-13-15-16-17-18-19-20-21-22-23-24-25-26-28-30-32-34-43(53)63-40(37-60-35-33-31-29-27-14-12-10-8-6-4-2)38-61-50-49(59)47(57)45(55)42(65-50)39-62-51-48(58)46(56)44(54)41(36-52)64-51/h5,7,11,13,16-17,19-20,22-23,40-42,44-52,54-59H,3-4,6,8-10,12,14-15,18,21,24-39H2,1-2H3/b7-5-,13-11-,17-16-,20-19-,23-22-. The smallest absolute Gasteiger partial charge is 0.306 e. The van der Waals surface area contributed by atoms with Crippen molar-refractivity contribution < 1.29 is 69.0 Å². The molecule has 11 unspecified atom stereocenters. The fourth-order valence-electron chi connectivity index (χ4n) is 7.49. The predicted molar refractivity (Wildman–Crippen MR) is 252 cm³/mol. The molecule has 2 rings (SSSR count). The molecule has 0 radical (unpaired) electrons. The lowest BCUT2D eigenvalue weighted by molar-refractivity contribution is -0.332. The minimum Gasteiger partial charge on any atom is -0.457 e. The van der Waals surface area contributed by atoms with Gasteiger partial charge in [-0.2, -0.15) is 0 Å². The molecule has 0 saturated carbocycles. The number of hydrogen-bond donors (Lipinski definition) is 7. The highest BCUT2D eigenvalue weighted by atomic mass is 16.7. The highest BCUT2D eigenvalue weighted by Crippen LogP contribution is 2.26. The number of rotatable bonds is 38. The van der Waals surface area contributed by atoms with Gasteiger partial charge < -0.3 is 64.2 Å². The summed E-state index contributed by atoms with van der Waals surface area (Å²) >= 11 is 0. The zero-order valence-electron chi connectivity index (χ0n) is 39.7. The van der Waals surface area contributed by atoms with Crippen molar-refractivity contribution in [3.05, 3.63) is 60.8 Å². The number of allylic oxidation sites excluding steroid dienone is 10. The summed E-state index contributed by atoms with van der Waals surface area (Å²) in [4.78, 5) is 13.0. The molecule has 11 atom stereocenters. The molecule has 0 aromatic rings. The van der Waals surface area contributed by atoms with Crippen LogP contribution < -0.4 is 0 Å². The van der Waals surface area contributed by atoms with Crippen LogP contribution in [0.3, 0.4) is 0 Å². The lowest BCUT2D eigenvalue weighted by Crippen LogP contribution is -2.61. The summed E-state index contributed by atoms with van der Waals surface area (Å²) in [5.41, 5.74) is 0. The predicted octanol–water partition coefficient (Wildman–Crippen LogP) is 6.96. The first kappa shape index (κ1) is 58.8. The summed E-state index contributed by atoms with van der Waals surface area (Å²) in [6, 6.07) is 0. The van der Waals surface area contributed by atoms with Gasteiger partial charge in [0.2, 0.25) is 0 Å². The van der Waals surface area contributed by atoms with E-state index in [1.54, 1.807) is 0 Å². The molecule has 2 heterocycles. The maximum absolute atomic E-state index is 13.0. The van der Waals surface area contributed by atoms with E-state index in [0.717, 1.165) is 83.5 Å².